The molecule has 0 atom stereocenters. The number of fused-ring (bicyclic) bond motifs is 12. The molecule has 0 bridgehead atoms. The molecule has 3 nitrogen and oxygen atoms in total. The molecule has 0 aliphatic heterocycles. The lowest BCUT2D eigenvalue weighted by molar-refractivity contribution is 0.672. The Bertz CT molecular complexity index is 2720. The van der Waals surface area contributed by atoms with Crippen molar-refractivity contribution in [2.75, 3.05) is 0 Å². The summed E-state index contributed by atoms with van der Waals surface area (Å²) in [6, 6.07) is 52.3. The van der Waals surface area contributed by atoms with Gasteiger partial charge in [0, 0.05) is 49.1 Å². The highest BCUT2D eigenvalue weighted by atomic mass is 16.3. The number of hydrogen-bond donors (Lipinski definition) is 0. The largest absolute Gasteiger partial charge is 0.455 e. The highest BCUT2D eigenvalue weighted by Crippen LogP contribution is 2.43. The van der Waals surface area contributed by atoms with Crippen LogP contribution < -0.4 is 0 Å². The number of benzene rings is 7. The predicted molar refractivity (Wildman–Crippen MR) is 180 cm³/mol. The van der Waals surface area contributed by atoms with Crippen LogP contribution in [0.5, 0.6) is 0 Å². The number of nitrogens with zero attached hydrogens (tertiary/aromatic N) is 2. The van der Waals surface area contributed by atoms with Crippen molar-refractivity contribution < 1.29 is 4.42 Å². The van der Waals surface area contributed by atoms with Gasteiger partial charge in [-0.1, -0.05) is 91.0 Å². The van der Waals surface area contributed by atoms with Crippen LogP contribution in [-0.4, -0.2) is 9.13 Å². The summed E-state index contributed by atoms with van der Waals surface area (Å²) >= 11 is 0. The van der Waals surface area contributed by atoms with Gasteiger partial charge < -0.3 is 13.6 Å². The van der Waals surface area contributed by atoms with Crippen LogP contribution in [-0.2, 0) is 0 Å². The molecule has 0 saturated heterocycles. The SMILES string of the molecule is c1ccc(-n2c3ccccc3c3ccc4c(c5ccccc5n4-c4ccc5oc6c7ccccc7ccc6c5c4)c32)cc1. The summed E-state index contributed by atoms with van der Waals surface area (Å²) in [7, 11) is 0. The number of hydrogen-bond acceptors (Lipinski definition) is 1. The maximum atomic E-state index is 6.46. The maximum absolute atomic E-state index is 6.46. The van der Waals surface area contributed by atoms with Gasteiger partial charge >= 0.3 is 0 Å². The molecule has 0 aliphatic rings. The maximum Gasteiger partial charge on any atom is 0.143 e. The van der Waals surface area contributed by atoms with E-state index in [1.54, 1.807) is 0 Å². The third-order valence-electron chi connectivity index (χ3n) is 9.09. The molecule has 0 N–H and O–H groups in total. The molecule has 0 spiro atoms. The van der Waals surface area contributed by atoms with E-state index in [4.69, 9.17) is 4.42 Å². The lowest BCUT2D eigenvalue weighted by Crippen LogP contribution is -1.95. The standard InChI is InChI=1S/C40H24N2O/c1-2-11-26(12-3-1)42-34-16-8-6-14-29(34)30-21-22-36-38(39(30)42)32-15-7-9-17-35(32)41(36)27-19-23-37-33(24-27)31-20-18-25-10-4-5-13-28(25)40(31)43-37/h1-24H. The Morgan fingerprint density at radius 1 is 0.395 bits per heavy atom. The number of aromatic nitrogens is 2. The molecule has 3 heteroatoms. The van der Waals surface area contributed by atoms with Gasteiger partial charge in [-0.3, -0.25) is 0 Å². The fourth-order valence-corrected chi connectivity index (χ4v) is 7.26. The van der Waals surface area contributed by atoms with Gasteiger partial charge in [0.2, 0.25) is 0 Å². The lowest BCUT2D eigenvalue weighted by Gasteiger charge is -2.10. The Balaban J connectivity index is 1.34. The smallest absolute Gasteiger partial charge is 0.143 e. The Morgan fingerprint density at radius 3 is 1.95 bits per heavy atom. The highest BCUT2D eigenvalue weighted by molar-refractivity contribution is 6.26. The molecule has 0 saturated carbocycles. The van der Waals surface area contributed by atoms with Gasteiger partial charge in [0.1, 0.15) is 11.2 Å². The molecular weight excluding hydrogens is 524 g/mol. The van der Waals surface area contributed by atoms with Crippen LogP contribution in [0.25, 0.3) is 87.7 Å². The van der Waals surface area contributed by atoms with E-state index in [2.05, 4.69) is 155 Å². The highest BCUT2D eigenvalue weighted by Gasteiger charge is 2.21. The van der Waals surface area contributed by atoms with Crippen molar-refractivity contribution >= 4 is 76.3 Å². The van der Waals surface area contributed by atoms with Gasteiger partial charge in [0.25, 0.3) is 0 Å². The lowest BCUT2D eigenvalue weighted by atomic mass is 10.1. The first kappa shape index (κ1) is 22.8. The van der Waals surface area contributed by atoms with Gasteiger partial charge in [-0.25, -0.2) is 0 Å². The van der Waals surface area contributed by atoms with Crippen molar-refractivity contribution in [3.05, 3.63) is 146 Å². The Labute approximate surface area is 246 Å². The molecule has 0 unspecified atom stereocenters. The minimum absolute atomic E-state index is 0.905. The van der Waals surface area contributed by atoms with Crippen LogP contribution in [0.1, 0.15) is 0 Å². The van der Waals surface area contributed by atoms with Crippen molar-refractivity contribution in [3.63, 3.8) is 0 Å². The summed E-state index contributed by atoms with van der Waals surface area (Å²) in [6.07, 6.45) is 0. The van der Waals surface area contributed by atoms with Crippen molar-refractivity contribution in [3.8, 4) is 11.4 Å². The molecule has 10 aromatic rings. The Hall–Kier alpha value is -5.80. The van der Waals surface area contributed by atoms with Crippen LogP contribution in [0.2, 0.25) is 0 Å². The number of furan rings is 1. The molecule has 0 amide bonds. The van der Waals surface area contributed by atoms with E-state index in [1.165, 1.54) is 49.0 Å². The van der Waals surface area contributed by atoms with E-state index in [0.717, 1.165) is 38.7 Å². The summed E-state index contributed by atoms with van der Waals surface area (Å²) in [5.74, 6) is 0. The second kappa shape index (κ2) is 8.37. The minimum atomic E-state index is 0.905. The van der Waals surface area contributed by atoms with E-state index in [9.17, 15) is 0 Å². The van der Waals surface area contributed by atoms with Gasteiger partial charge in [-0.05, 0) is 60.0 Å². The molecule has 0 aliphatic carbocycles. The molecule has 200 valence electrons. The topological polar surface area (TPSA) is 23.0 Å². The van der Waals surface area contributed by atoms with E-state index in [1.807, 2.05) is 0 Å². The van der Waals surface area contributed by atoms with Crippen LogP contribution in [0, 0.1) is 0 Å². The molecule has 3 heterocycles. The van der Waals surface area contributed by atoms with Crippen LogP contribution >= 0.6 is 0 Å². The van der Waals surface area contributed by atoms with Crippen molar-refractivity contribution in [2.24, 2.45) is 0 Å². The zero-order valence-corrected chi connectivity index (χ0v) is 23.2. The molecule has 43 heavy (non-hydrogen) atoms. The monoisotopic (exact) mass is 548 g/mol. The molecular formula is C40H24N2O. The zero-order chi connectivity index (χ0) is 28.1. The number of para-hydroxylation sites is 3. The number of rotatable bonds is 2. The van der Waals surface area contributed by atoms with Crippen LogP contribution in [0.3, 0.4) is 0 Å². The normalized spacial score (nSPS) is 12.2. The summed E-state index contributed by atoms with van der Waals surface area (Å²) in [5, 5.41) is 9.63. The quantitative estimate of drug-likeness (QED) is 0.211. The summed E-state index contributed by atoms with van der Waals surface area (Å²) in [5.41, 5.74) is 8.96. The summed E-state index contributed by atoms with van der Waals surface area (Å²) in [4.78, 5) is 0. The van der Waals surface area contributed by atoms with Crippen LogP contribution in [0.15, 0.2) is 150 Å². The summed E-state index contributed by atoms with van der Waals surface area (Å²) < 4.78 is 11.3. The first-order valence-electron chi connectivity index (χ1n) is 14.7. The first-order valence-corrected chi connectivity index (χ1v) is 14.7. The molecule has 0 fully saturated rings. The molecule has 0 radical (unpaired) electrons. The van der Waals surface area contributed by atoms with E-state index in [0.29, 0.717) is 0 Å². The van der Waals surface area contributed by atoms with E-state index < -0.39 is 0 Å². The van der Waals surface area contributed by atoms with Gasteiger partial charge in [-0.15, -0.1) is 0 Å². The Morgan fingerprint density at radius 2 is 1.09 bits per heavy atom. The Kier molecular flexibility index (Phi) is 4.45. The fraction of sp³-hybridized carbons (Fsp3) is 0. The average molecular weight is 549 g/mol. The molecule has 10 rings (SSSR count). The molecule has 3 aromatic heterocycles. The van der Waals surface area contributed by atoms with E-state index in [-0.39, 0.29) is 0 Å². The second-order valence-electron chi connectivity index (χ2n) is 11.3. The fourth-order valence-electron chi connectivity index (χ4n) is 7.26. The van der Waals surface area contributed by atoms with Gasteiger partial charge in [-0.2, -0.15) is 0 Å². The van der Waals surface area contributed by atoms with E-state index >= 15 is 0 Å². The second-order valence-corrected chi connectivity index (χ2v) is 11.3. The van der Waals surface area contributed by atoms with Gasteiger partial charge in [0.15, 0.2) is 0 Å². The van der Waals surface area contributed by atoms with Crippen molar-refractivity contribution in [1.29, 1.82) is 0 Å². The van der Waals surface area contributed by atoms with Gasteiger partial charge in [0.05, 0.1) is 22.1 Å². The van der Waals surface area contributed by atoms with Crippen LogP contribution in [0.4, 0.5) is 0 Å². The third kappa shape index (κ3) is 3.03. The minimum Gasteiger partial charge on any atom is -0.455 e. The van der Waals surface area contributed by atoms with Crippen molar-refractivity contribution in [2.45, 2.75) is 0 Å². The third-order valence-corrected chi connectivity index (χ3v) is 9.09. The predicted octanol–water partition coefficient (Wildman–Crippen LogP) is 10.9. The zero-order valence-electron chi connectivity index (χ0n) is 23.2. The molecule has 7 aromatic carbocycles. The average Bonchev–Trinajstić information content (AvgIpc) is 3.72. The first-order chi connectivity index (χ1) is 21.3. The summed E-state index contributed by atoms with van der Waals surface area (Å²) in [6.45, 7) is 0. The van der Waals surface area contributed by atoms with Crippen molar-refractivity contribution in [1.82, 2.24) is 9.13 Å².